The van der Waals surface area contributed by atoms with Crippen LogP contribution in [0.2, 0.25) is 5.02 Å². The van der Waals surface area contributed by atoms with E-state index in [0.717, 1.165) is 36.1 Å². The standard InChI is InChI=1S/C24H36BrClN2O2/c1-2-23(29)24(30)27-21-6-3-17(4-7-21)9-12-28-13-10-18(11-14-28)15-19-16-20(26)5-8-22(19)25/h5,8,16-18,21,23,29H,2-4,6-7,9-15H2,1H3,(H,27,30). The largest absolute Gasteiger partial charge is 0.383 e. The number of carbonyl (C=O) groups excluding carboxylic acids is 1. The van der Waals surface area contributed by atoms with Crippen LogP contribution in [0.25, 0.3) is 0 Å². The smallest absolute Gasteiger partial charge is 0.249 e. The number of hydrogen-bond donors (Lipinski definition) is 2. The van der Waals surface area contributed by atoms with Gasteiger partial charge in [0.05, 0.1) is 0 Å². The Morgan fingerprint density at radius 2 is 1.90 bits per heavy atom. The summed E-state index contributed by atoms with van der Waals surface area (Å²) in [5, 5.41) is 13.5. The molecule has 30 heavy (non-hydrogen) atoms. The van der Waals surface area contributed by atoms with Crippen molar-refractivity contribution in [1.82, 2.24) is 10.2 Å². The first-order valence-electron chi connectivity index (χ1n) is 11.6. The third kappa shape index (κ3) is 7.22. The van der Waals surface area contributed by atoms with Crippen molar-refractivity contribution < 1.29 is 9.90 Å². The Kier molecular flexibility index (Phi) is 9.49. The molecule has 0 spiro atoms. The molecule has 1 amide bonds. The Balaban J connectivity index is 1.32. The highest BCUT2D eigenvalue weighted by molar-refractivity contribution is 9.10. The van der Waals surface area contributed by atoms with Gasteiger partial charge in [-0.05, 0) is 113 Å². The van der Waals surface area contributed by atoms with E-state index in [1.54, 1.807) is 0 Å². The summed E-state index contributed by atoms with van der Waals surface area (Å²) < 4.78 is 1.17. The van der Waals surface area contributed by atoms with E-state index < -0.39 is 6.10 Å². The molecule has 0 radical (unpaired) electrons. The van der Waals surface area contributed by atoms with Gasteiger partial charge in [0.15, 0.2) is 0 Å². The summed E-state index contributed by atoms with van der Waals surface area (Å²) in [7, 11) is 0. The maximum atomic E-state index is 11.9. The summed E-state index contributed by atoms with van der Waals surface area (Å²) in [6, 6.07) is 6.34. The molecule has 1 aliphatic heterocycles. The Morgan fingerprint density at radius 3 is 2.57 bits per heavy atom. The minimum absolute atomic E-state index is 0.200. The van der Waals surface area contributed by atoms with Gasteiger partial charge in [-0.2, -0.15) is 0 Å². The third-order valence-electron chi connectivity index (χ3n) is 6.96. The summed E-state index contributed by atoms with van der Waals surface area (Å²) in [5.41, 5.74) is 1.33. The van der Waals surface area contributed by atoms with Gasteiger partial charge in [0, 0.05) is 15.5 Å². The van der Waals surface area contributed by atoms with Crippen molar-refractivity contribution in [3.8, 4) is 0 Å². The first-order valence-corrected chi connectivity index (χ1v) is 12.8. The van der Waals surface area contributed by atoms with Crippen LogP contribution in [0.5, 0.6) is 0 Å². The zero-order valence-electron chi connectivity index (χ0n) is 18.1. The second-order valence-corrected chi connectivity index (χ2v) is 10.5. The number of benzene rings is 1. The van der Waals surface area contributed by atoms with E-state index in [2.05, 4.69) is 38.3 Å². The molecule has 1 aromatic carbocycles. The van der Waals surface area contributed by atoms with Crippen LogP contribution in [0, 0.1) is 11.8 Å². The molecule has 1 saturated heterocycles. The highest BCUT2D eigenvalue weighted by Gasteiger charge is 2.25. The molecular formula is C24H36BrClN2O2. The van der Waals surface area contributed by atoms with Crippen LogP contribution in [0.15, 0.2) is 22.7 Å². The number of halogens is 2. The van der Waals surface area contributed by atoms with Gasteiger partial charge in [0.1, 0.15) is 6.10 Å². The van der Waals surface area contributed by atoms with Gasteiger partial charge in [-0.25, -0.2) is 0 Å². The number of hydrogen-bond acceptors (Lipinski definition) is 3. The van der Waals surface area contributed by atoms with Gasteiger partial charge in [-0.3, -0.25) is 4.79 Å². The number of nitrogens with zero attached hydrogens (tertiary/aromatic N) is 1. The van der Waals surface area contributed by atoms with Crippen LogP contribution in [0.3, 0.4) is 0 Å². The van der Waals surface area contributed by atoms with E-state index in [0.29, 0.717) is 6.42 Å². The van der Waals surface area contributed by atoms with E-state index in [1.807, 2.05) is 13.0 Å². The number of aliphatic hydroxyl groups excluding tert-OH is 1. The van der Waals surface area contributed by atoms with Gasteiger partial charge in [-0.15, -0.1) is 0 Å². The normalized spacial score (nSPS) is 24.5. The summed E-state index contributed by atoms with van der Waals surface area (Å²) >= 11 is 9.83. The maximum absolute atomic E-state index is 11.9. The average Bonchev–Trinajstić information content (AvgIpc) is 2.76. The highest BCUT2D eigenvalue weighted by atomic mass is 79.9. The lowest BCUT2D eigenvalue weighted by molar-refractivity contribution is -0.130. The number of nitrogens with one attached hydrogen (secondary N) is 1. The van der Waals surface area contributed by atoms with E-state index in [4.69, 9.17) is 11.6 Å². The number of likely N-dealkylation sites (tertiary alicyclic amines) is 1. The van der Waals surface area contributed by atoms with Gasteiger partial charge >= 0.3 is 0 Å². The molecule has 2 aliphatic rings. The minimum Gasteiger partial charge on any atom is -0.383 e. The second kappa shape index (κ2) is 11.8. The fourth-order valence-electron chi connectivity index (χ4n) is 4.87. The summed E-state index contributed by atoms with van der Waals surface area (Å²) in [6.45, 7) is 5.43. The zero-order chi connectivity index (χ0) is 21.5. The van der Waals surface area contributed by atoms with Crippen molar-refractivity contribution >= 4 is 33.4 Å². The molecule has 4 nitrogen and oxygen atoms in total. The molecule has 1 heterocycles. The van der Waals surface area contributed by atoms with Crippen molar-refractivity contribution in [3.63, 3.8) is 0 Å². The fraction of sp³-hybridized carbons (Fsp3) is 0.708. The topological polar surface area (TPSA) is 52.6 Å². The Morgan fingerprint density at radius 1 is 1.20 bits per heavy atom. The maximum Gasteiger partial charge on any atom is 0.249 e. The first kappa shape index (κ1) is 24.0. The van der Waals surface area contributed by atoms with Crippen LogP contribution in [0.4, 0.5) is 0 Å². The highest BCUT2D eigenvalue weighted by Crippen LogP contribution is 2.30. The van der Waals surface area contributed by atoms with E-state index in [1.165, 1.54) is 61.8 Å². The number of piperidine rings is 1. The number of aliphatic hydroxyl groups is 1. The molecule has 2 N–H and O–H groups in total. The Labute approximate surface area is 194 Å². The van der Waals surface area contributed by atoms with Gasteiger partial charge in [-0.1, -0.05) is 34.5 Å². The molecule has 1 atom stereocenters. The van der Waals surface area contributed by atoms with Crippen LogP contribution in [-0.2, 0) is 11.2 Å². The van der Waals surface area contributed by atoms with Gasteiger partial charge in [0.2, 0.25) is 5.91 Å². The van der Waals surface area contributed by atoms with Crippen LogP contribution >= 0.6 is 27.5 Å². The van der Waals surface area contributed by atoms with Crippen LogP contribution < -0.4 is 5.32 Å². The Hall–Kier alpha value is -0.620. The molecule has 1 saturated carbocycles. The van der Waals surface area contributed by atoms with Crippen LogP contribution in [0.1, 0.15) is 63.9 Å². The van der Waals surface area contributed by atoms with Crippen molar-refractivity contribution in [3.05, 3.63) is 33.3 Å². The van der Waals surface area contributed by atoms with Crippen molar-refractivity contribution in [2.75, 3.05) is 19.6 Å². The second-order valence-electron chi connectivity index (χ2n) is 9.16. The van der Waals surface area contributed by atoms with Gasteiger partial charge in [0.25, 0.3) is 0 Å². The SMILES string of the molecule is CCC(O)C(=O)NC1CCC(CCN2CCC(Cc3cc(Cl)ccc3Br)CC2)CC1. The zero-order valence-corrected chi connectivity index (χ0v) is 20.4. The first-order chi connectivity index (χ1) is 14.4. The molecule has 1 unspecified atom stereocenters. The molecule has 0 bridgehead atoms. The molecule has 0 aromatic heterocycles. The monoisotopic (exact) mass is 498 g/mol. The lowest BCUT2D eigenvalue weighted by atomic mass is 9.83. The van der Waals surface area contributed by atoms with Crippen molar-refractivity contribution in [1.29, 1.82) is 0 Å². The van der Waals surface area contributed by atoms with E-state index in [-0.39, 0.29) is 11.9 Å². The quantitative estimate of drug-likeness (QED) is 0.517. The summed E-state index contributed by atoms with van der Waals surface area (Å²) in [4.78, 5) is 14.5. The molecule has 3 rings (SSSR count). The summed E-state index contributed by atoms with van der Waals surface area (Å²) in [6.07, 6.45) is 8.99. The van der Waals surface area contributed by atoms with Crippen molar-refractivity contribution in [2.24, 2.45) is 11.8 Å². The number of carbonyl (C=O) groups is 1. The number of rotatable bonds is 8. The predicted octanol–water partition coefficient (Wildman–Crippen LogP) is 5.19. The number of amides is 1. The summed E-state index contributed by atoms with van der Waals surface area (Å²) in [5.74, 6) is 1.32. The molecule has 2 fully saturated rings. The predicted molar refractivity (Wildman–Crippen MR) is 127 cm³/mol. The molecule has 6 heteroatoms. The third-order valence-corrected chi connectivity index (χ3v) is 7.97. The lowest BCUT2D eigenvalue weighted by Gasteiger charge is -2.34. The lowest BCUT2D eigenvalue weighted by Crippen LogP contribution is -2.43. The Bertz CT molecular complexity index is 686. The molecule has 1 aliphatic carbocycles. The average molecular weight is 500 g/mol. The van der Waals surface area contributed by atoms with Gasteiger partial charge < -0.3 is 15.3 Å². The van der Waals surface area contributed by atoms with E-state index >= 15 is 0 Å². The molecule has 168 valence electrons. The van der Waals surface area contributed by atoms with E-state index in [9.17, 15) is 9.90 Å². The van der Waals surface area contributed by atoms with Crippen molar-refractivity contribution in [2.45, 2.75) is 76.9 Å². The molecule has 1 aromatic rings. The fourth-order valence-corrected chi connectivity index (χ4v) is 5.47. The molecular weight excluding hydrogens is 464 g/mol. The minimum atomic E-state index is -0.856. The van der Waals surface area contributed by atoms with Crippen LogP contribution in [-0.4, -0.2) is 47.7 Å².